The Labute approximate surface area is 117 Å². The number of carboxylic acid groups (broad SMARTS) is 1. The molecule has 6 heteroatoms. The average Bonchev–Trinajstić information content (AvgIpc) is 2.37. The van der Waals surface area contributed by atoms with Crippen molar-refractivity contribution < 1.29 is 19.1 Å². The van der Waals surface area contributed by atoms with Gasteiger partial charge in [-0.3, -0.25) is 4.79 Å². The second-order valence-electron chi connectivity index (χ2n) is 4.67. The van der Waals surface area contributed by atoms with Gasteiger partial charge in [-0.05, 0) is 31.0 Å². The first-order chi connectivity index (χ1) is 9.40. The van der Waals surface area contributed by atoms with Crippen LogP contribution in [0.25, 0.3) is 0 Å². The highest BCUT2D eigenvalue weighted by atomic mass is 19.1. The monoisotopic (exact) mass is 282 g/mol. The van der Waals surface area contributed by atoms with E-state index in [1.54, 1.807) is 19.2 Å². The van der Waals surface area contributed by atoms with Gasteiger partial charge in [0.25, 0.3) is 0 Å². The molecule has 0 heterocycles. The van der Waals surface area contributed by atoms with Crippen molar-refractivity contribution in [1.82, 2.24) is 10.2 Å². The Balaban J connectivity index is 2.47. The van der Waals surface area contributed by atoms with Crippen LogP contribution in [0.5, 0.6) is 0 Å². The van der Waals surface area contributed by atoms with E-state index in [2.05, 4.69) is 5.32 Å². The number of carbonyl (C=O) groups is 2. The number of aliphatic carboxylic acids is 1. The summed E-state index contributed by atoms with van der Waals surface area (Å²) in [5, 5.41) is 11.0. The molecule has 0 spiro atoms. The summed E-state index contributed by atoms with van der Waals surface area (Å²) in [6.45, 7) is 1.94. The van der Waals surface area contributed by atoms with E-state index in [4.69, 9.17) is 5.11 Å². The maximum Gasteiger partial charge on any atom is 0.317 e. The summed E-state index contributed by atoms with van der Waals surface area (Å²) in [5.41, 5.74) is 0.808. The molecule has 0 aliphatic rings. The number of urea groups is 1. The Bertz CT molecular complexity index is 479. The highest BCUT2D eigenvalue weighted by molar-refractivity contribution is 5.75. The normalized spacial score (nSPS) is 11.8. The highest BCUT2D eigenvalue weighted by Gasteiger charge is 2.16. The van der Waals surface area contributed by atoms with Gasteiger partial charge in [0.1, 0.15) is 5.82 Å². The van der Waals surface area contributed by atoms with Crippen LogP contribution in [0.2, 0.25) is 0 Å². The van der Waals surface area contributed by atoms with E-state index in [1.807, 2.05) is 6.92 Å². The van der Waals surface area contributed by atoms with Gasteiger partial charge < -0.3 is 15.3 Å². The van der Waals surface area contributed by atoms with Crippen LogP contribution in [0.4, 0.5) is 9.18 Å². The highest BCUT2D eigenvalue weighted by Crippen LogP contribution is 2.09. The Hall–Kier alpha value is -2.11. The molecule has 0 aromatic heterocycles. The maximum atomic E-state index is 13.1. The number of amides is 2. The average molecular weight is 282 g/mol. The first kappa shape index (κ1) is 15.9. The van der Waals surface area contributed by atoms with Crippen molar-refractivity contribution in [3.63, 3.8) is 0 Å². The Morgan fingerprint density at radius 3 is 2.75 bits per heavy atom. The van der Waals surface area contributed by atoms with Crippen LogP contribution in [-0.4, -0.2) is 41.6 Å². The van der Waals surface area contributed by atoms with Gasteiger partial charge >= 0.3 is 12.0 Å². The lowest BCUT2D eigenvalue weighted by Gasteiger charge is -2.25. The zero-order chi connectivity index (χ0) is 15.1. The first-order valence-corrected chi connectivity index (χ1v) is 6.37. The smallest absolute Gasteiger partial charge is 0.317 e. The molecule has 0 bridgehead atoms. The quantitative estimate of drug-likeness (QED) is 0.837. The van der Waals surface area contributed by atoms with Crippen LogP contribution in [0.15, 0.2) is 24.3 Å². The zero-order valence-electron chi connectivity index (χ0n) is 11.6. The van der Waals surface area contributed by atoms with Gasteiger partial charge in [0, 0.05) is 19.6 Å². The molecule has 0 aliphatic carbocycles. The van der Waals surface area contributed by atoms with Crippen molar-refractivity contribution in [2.24, 2.45) is 0 Å². The number of likely N-dealkylation sites (N-methyl/N-ethyl adjacent to an activating group) is 1. The SMILES string of the molecule is CC(Cc1cccc(F)c1)N(C)C(=O)NCCC(=O)O. The minimum Gasteiger partial charge on any atom is -0.481 e. The van der Waals surface area contributed by atoms with Crippen LogP contribution in [-0.2, 0) is 11.2 Å². The number of carbonyl (C=O) groups excluding carboxylic acids is 1. The number of benzene rings is 1. The van der Waals surface area contributed by atoms with Crippen molar-refractivity contribution >= 4 is 12.0 Å². The van der Waals surface area contributed by atoms with Gasteiger partial charge in [-0.2, -0.15) is 0 Å². The maximum absolute atomic E-state index is 13.1. The second kappa shape index (κ2) is 7.47. The fourth-order valence-electron chi connectivity index (χ4n) is 1.74. The van der Waals surface area contributed by atoms with Crippen molar-refractivity contribution in [3.8, 4) is 0 Å². The largest absolute Gasteiger partial charge is 0.481 e. The Morgan fingerprint density at radius 2 is 2.15 bits per heavy atom. The topological polar surface area (TPSA) is 69.6 Å². The molecule has 1 rings (SSSR count). The molecular formula is C14H19FN2O3. The molecule has 1 unspecified atom stereocenters. The van der Waals surface area contributed by atoms with E-state index in [0.717, 1.165) is 5.56 Å². The van der Waals surface area contributed by atoms with Gasteiger partial charge in [-0.25, -0.2) is 9.18 Å². The van der Waals surface area contributed by atoms with Crippen LogP contribution in [0, 0.1) is 5.82 Å². The first-order valence-electron chi connectivity index (χ1n) is 6.37. The number of halogens is 1. The number of carboxylic acids is 1. The predicted molar refractivity (Wildman–Crippen MR) is 73.0 cm³/mol. The standard InChI is InChI=1S/C14H19FN2O3/c1-10(8-11-4-3-5-12(15)9-11)17(2)14(20)16-7-6-13(18)19/h3-5,9-10H,6-8H2,1-2H3,(H,16,20)(H,18,19). The molecule has 5 nitrogen and oxygen atoms in total. The molecule has 0 radical (unpaired) electrons. The van der Waals surface area contributed by atoms with Gasteiger partial charge in [0.15, 0.2) is 0 Å². The molecule has 0 fully saturated rings. The summed E-state index contributed by atoms with van der Waals surface area (Å²) in [6, 6.07) is 5.78. The van der Waals surface area contributed by atoms with Crippen LogP contribution < -0.4 is 5.32 Å². The molecule has 0 aliphatic heterocycles. The number of hydrogen-bond donors (Lipinski definition) is 2. The second-order valence-corrected chi connectivity index (χ2v) is 4.67. The third-order valence-corrected chi connectivity index (χ3v) is 3.02. The number of nitrogens with zero attached hydrogens (tertiary/aromatic N) is 1. The van der Waals surface area contributed by atoms with Crippen molar-refractivity contribution in [3.05, 3.63) is 35.6 Å². The third kappa shape index (κ3) is 5.26. The fourth-order valence-corrected chi connectivity index (χ4v) is 1.74. The predicted octanol–water partition coefficient (Wildman–Crippen LogP) is 1.87. The van der Waals surface area contributed by atoms with E-state index in [1.165, 1.54) is 17.0 Å². The lowest BCUT2D eigenvalue weighted by atomic mass is 10.1. The Kier molecular flexibility index (Phi) is 5.96. The van der Waals surface area contributed by atoms with Gasteiger partial charge in [0.2, 0.25) is 0 Å². The van der Waals surface area contributed by atoms with Crippen molar-refractivity contribution in [2.75, 3.05) is 13.6 Å². The third-order valence-electron chi connectivity index (χ3n) is 3.02. The minimum absolute atomic E-state index is 0.0885. The lowest BCUT2D eigenvalue weighted by Crippen LogP contribution is -2.43. The summed E-state index contributed by atoms with van der Waals surface area (Å²) >= 11 is 0. The molecule has 0 saturated carbocycles. The zero-order valence-corrected chi connectivity index (χ0v) is 11.6. The molecule has 0 saturated heterocycles. The molecule has 110 valence electrons. The summed E-state index contributed by atoms with van der Waals surface area (Å²) in [7, 11) is 1.63. The van der Waals surface area contributed by atoms with Crippen LogP contribution in [0.1, 0.15) is 18.9 Å². The molecule has 20 heavy (non-hydrogen) atoms. The Morgan fingerprint density at radius 1 is 1.45 bits per heavy atom. The lowest BCUT2D eigenvalue weighted by molar-refractivity contribution is -0.136. The summed E-state index contributed by atoms with van der Waals surface area (Å²) in [4.78, 5) is 23.6. The summed E-state index contributed by atoms with van der Waals surface area (Å²) in [5.74, 6) is -1.26. The van der Waals surface area contributed by atoms with E-state index < -0.39 is 5.97 Å². The number of hydrogen-bond acceptors (Lipinski definition) is 2. The van der Waals surface area contributed by atoms with Gasteiger partial charge in [0.05, 0.1) is 6.42 Å². The van der Waals surface area contributed by atoms with E-state index in [-0.39, 0.29) is 30.9 Å². The fraction of sp³-hybridized carbons (Fsp3) is 0.429. The molecule has 2 N–H and O–H groups in total. The summed E-state index contributed by atoms with van der Waals surface area (Å²) in [6.07, 6.45) is 0.415. The van der Waals surface area contributed by atoms with Crippen LogP contribution in [0.3, 0.4) is 0 Å². The molecule has 1 aromatic carbocycles. The van der Waals surface area contributed by atoms with Crippen LogP contribution >= 0.6 is 0 Å². The van der Waals surface area contributed by atoms with Gasteiger partial charge in [-0.1, -0.05) is 12.1 Å². The molecule has 2 amide bonds. The van der Waals surface area contributed by atoms with Gasteiger partial charge in [-0.15, -0.1) is 0 Å². The summed E-state index contributed by atoms with van der Waals surface area (Å²) < 4.78 is 13.1. The number of rotatable bonds is 6. The van der Waals surface area contributed by atoms with E-state index >= 15 is 0 Å². The molecule has 1 aromatic rings. The molecular weight excluding hydrogens is 263 g/mol. The van der Waals surface area contributed by atoms with E-state index in [9.17, 15) is 14.0 Å². The van der Waals surface area contributed by atoms with Crippen molar-refractivity contribution in [1.29, 1.82) is 0 Å². The molecule has 1 atom stereocenters. The minimum atomic E-state index is -0.958. The van der Waals surface area contributed by atoms with E-state index in [0.29, 0.717) is 6.42 Å². The van der Waals surface area contributed by atoms with Crippen molar-refractivity contribution in [2.45, 2.75) is 25.8 Å². The number of nitrogens with one attached hydrogen (secondary N) is 1.